The largest absolute Gasteiger partial charge is 0.382 e. The maximum Gasteiger partial charge on any atom is 0.159 e. The normalized spacial score (nSPS) is 10.4. The predicted octanol–water partition coefficient (Wildman–Crippen LogP) is 1.71. The van der Waals surface area contributed by atoms with E-state index in [9.17, 15) is 8.78 Å². The molecule has 1 heterocycles. The van der Waals surface area contributed by atoms with Crippen molar-refractivity contribution in [3.05, 3.63) is 35.7 Å². The summed E-state index contributed by atoms with van der Waals surface area (Å²) in [5.74, 6) is -1.32. The third-order valence-corrected chi connectivity index (χ3v) is 2.01. The first kappa shape index (κ1) is 10.4. The SMILES string of the molecule is Cc1nnc(-c2ccc(F)c(F)c2)c(N)n1. The van der Waals surface area contributed by atoms with E-state index in [1.807, 2.05) is 0 Å². The van der Waals surface area contributed by atoms with Crippen LogP contribution in [0.3, 0.4) is 0 Å². The summed E-state index contributed by atoms with van der Waals surface area (Å²) in [7, 11) is 0. The molecule has 82 valence electrons. The van der Waals surface area contributed by atoms with Crippen LogP contribution in [0.4, 0.5) is 14.6 Å². The maximum absolute atomic E-state index is 13.0. The number of aryl methyl sites for hydroxylation is 1. The second-order valence-electron chi connectivity index (χ2n) is 3.22. The highest BCUT2D eigenvalue weighted by Gasteiger charge is 2.10. The van der Waals surface area contributed by atoms with Gasteiger partial charge in [0.2, 0.25) is 0 Å². The van der Waals surface area contributed by atoms with Gasteiger partial charge in [0.25, 0.3) is 0 Å². The highest BCUT2D eigenvalue weighted by molar-refractivity contribution is 5.68. The zero-order chi connectivity index (χ0) is 11.7. The van der Waals surface area contributed by atoms with E-state index in [1.54, 1.807) is 6.92 Å². The zero-order valence-electron chi connectivity index (χ0n) is 8.41. The van der Waals surface area contributed by atoms with E-state index < -0.39 is 11.6 Å². The minimum absolute atomic E-state index is 0.138. The minimum atomic E-state index is -0.959. The van der Waals surface area contributed by atoms with E-state index in [0.29, 0.717) is 11.4 Å². The fourth-order valence-electron chi connectivity index (χ4n) is 1.27. The van der Waals surface area contributed by atoms with E-state index in [1.165, 1.54) is 6.07 Å². The number of aromatic nitrogens is 3. The molecule has 1 aromatic heterocycles. The van der Waals surface area contributed by atoms with Crippen LogP contribution in [-0.2, 0) is 0 Å². The Bertz CT molecular complexity index is 542. The molecule has 16 heavy (non-hydrogen) atoms. The summed E-state index contributed by atoms with van der Waals surface area (Å²) in [5.41, 5.74) is 6.20. The van der Waals surface area contributed by atoms with Crippen LogP contribution in [0.25, 0.3) is 11.3 Å². The standard InChI is InChI=1S/C10H8F2N4/c1-5-14-10(13)9(16-15-5)6-2-3-7(11)8(12)4-6/h2-4H,1H3,(H2,13,14,15). The molecule has 6 heteroatoms. The molecule has 4 nitrogen and oxygen atoms in total. The van der Waals surface area contributed by atoms with E-state index >= 15 is 0 Å². The fourth-order valence-corrected chi connectivity index (χ4v) is 1.27. The van der Waals surface area contributed by atoms with Crippen molar-refractivity contribution < 1.29 is 8.78 Å². The second-order valence-corrected chi connectivity index (χ2v) is 3.22. The zero-order valence-corrected chi connectivity index (χ0v) is 8.41. The van der Waals surface area contributed by atoms with Gasteiger partial charge in [-0.3, -0.25) is 0 Å². The van der Waals surface area contributed by atoms with Crippen LogP contribution in [0.2, 0.25) is 0 Å². The van der Waals surface area contributed by atoms with Crippen molar-refractivity contribution in [2.45, 2.75) is 6.92 Å². The average Bonchev–Trinajstić information content (AvgIpc) is 2.22. The molecule has 0 unspecified atom stereocenters. The first-order valence-corrected chi connectivity index (χ1v) is 4.50. The Hall–Kier alpha value is -2.11. The lowest BCUT2D eigenvalue weighted by atomic mass is 10.1. The molecule has 0 radical (unpaired) electrons. The number of nitrogens with two attached hydrogens (primary N) is 1. The molecule has 0 aliphatic heterocycles. The number of benzene rings is 1. The number of rotatable bonds is 1. The first-order chi connectivity index (χ1) is 7.58. The highest BCUT2D eigenvalue weighted by Crippen LogP contribution is 2.22. The Balaban J connectivity index is 2.54. The summed E-state index contributed by atoms with van der Waals surface area (Å²) in [6.45, 7) is 1.64. The van der Waals surface area contributed by atoms with Gasteiger partial charge in [0.05, 0.1) is 0 Å². The predicted molar refractivity (Wildman–Crippen MR) is 54.3 cm³/mol. The van der Waals surface area contributed by atoms with Gasteiger partial charge in [0, 0.05) is 5.56 Å². The number of hydrogen-bond donors (Lipinski definition) is 1. The van der Waals surface area contributed by atoms with E-state index in [0.717, 1.165) is 12.1 Å². The molecule has 2 aromatic rings. The molecule has 0 aliphatic carbocycles. The van der Waals surface area contributed by atoms with Gasteiger partial charge in [0.15, 0.2) is 17.5 Å². The van der Waals surface area contributed by atoms with Gasteiger partial charge >= 0.3 is 0 Å². The topological polar surface area (TPSA) is 64.7 Å². The van der Waals surface area contributed by atoms with Crippen molar-refractivity contribution in [1.82, 2.24) is 15.2 Å². The van der Waals surface area contributed by atoms with Crippen LogP contribution in [0.5, 0.6) is 0 Å². The quantitative estimate of drug-likeness (QED) is 0.797. The summed E-state index contributed by atoms with van der Waals surface area (Å²) < 4.78 is 25.7. The number of nitrogen functional groups attached to an aromatic ring is 1. The molecule has 1 aromatic carbocycles. The van der Waals surface area contributed by atoms with Crippen LogP contribution in [0, 0.1) is 18.6 Å². The fraction of sp³-hybridized carbons (Fsp3) is 0.100. The lowest BCUT2D eigenvalue weighted by Gasteiger charge is -2.03. The Morgan fingerprint density at radius 2 is 1.88 bits per heavy atom. The molecular weight excluding hydrogens is 214 g/mol. The van der Waals surface area contributed by atoms with Crippen LogP contribution in [-0.4, -0.2) is 15.2 Å². The molecule has 0 fully saturated rings. The average molecular weight is 222 g/mol. The van der Waals surface area contributed by atoms with Crippen molar-refractivity contribution >= 4 is 5.82 Å². The van der Waals surface area contributed by atoms with Crippen molar-refractivity contribution in [2.75, 3.05) is 5.73 Å². The van der Waals surface area contributed by atoms with Gasteiger partial charge in [-0.2, -0.15) is 0 Å². The molecule has 2 N–H and O–H groups in total. The minimum Gasteiger partial charge on any atom is -0.382 e. The number of anilines is 1. The van der Waals surface area contributed by atoms with E-state index in [-0.39, 0.29) is 11.5 Å². The van der Waals surface area contributed by atoms with Gasteiger partial charge in [-0.05, 0) is 25.1 Å². The van der Waals surface area contributed by atoms with Crippen LogP contribution < -0.4 is 5.73 Å². The Morgan fingerprint density at radius 1 is 1.12 bits per heavy atom. The Labute approximate surface area is 90.2 Å². The number of nitrogens with zero attached hydrogens (tertiary/aromatic N) is 3. The maximum atomic E-state index is 13.0. The van der Waals surface area contributed by atoms with E-state index in [2.05, 4.69) is 15.2 Å². The third kappa shape index (κ3) is 1.81. The monoisotopic (exact) mass is 222 g/mol. The van der Waals surface area contributed by atoms with Crippen molar-refractivity contribution in [2.24, 2.45) is 0 Å². The number of halogens is 2. The Morgan fingerprint density at radius 3 is 2.50 bits per heavy atom. The van der Waals surface area contributed by atoms with Gasteiger partial charge < -0.3 is 5.73 Å². The molecule has 0 spiro atoms. The second kappa shape index (κ2) is 3.80. The summed E-state index contributed by atoms with van der Waals surface area (Å²) in [5, 5.41) is 7.50. The molecule has 0 saturated carbocycles. The van der Waals surface area contributed by atoms with E-state index in [4.69, 9.17) is 5.73 Å². The van der Waals surface area contributed by atoms with Gasteiger partial charge in [-0.1, -0.05) is 0 Å². The third-order valence-electron chi connectivity index (χ3n) is 2.01. The smallest absolute Gasteiger partial charge is 0.159 e. The summed E-state index contributed by atoms with van der Waals surface area (Å²) in [6.07, 6.45) is 0. The molecule has 0 atom stereocenters. The molecule has 0 amide bonds. The summed E-state index contributed by atoms with van der Waals surface area (Å²) in [6, 6.07) is 3.38. The molecule has 0 bridgehead atoms. The van der Waals surface area contributed by atoms with Gasteiger partial charge in [0.1, 0.15) is 11.5 Å². The summed E-state index contributed by atoms with van der Waals surface area (Å²) >= 11 is 0. The highest BCUT2D eigenvalue weighted by atomic mass is 19.2. The van der Waals surface area contributed by atoms with Crippen LogP contribution in [0.1, 0.15) is 5.82 Å². The molecule has 0 saturated heterocycles. The lowest BCUT2D eigenvalue weighted by Crippen LogP contribution is -2.02. The van der Waals surface area contributed by atoms with Crippen LogP contribution >= 0.6 is 0 Å². The van der Waals surface area contributed by atoms with Crippen molar-refractivity contribution in [3.63, 3.8) is 0 Å². The van der Waals surface area contributed by atoms with Crippen LogP contribution in [0.15, 0.2) is 18.2 Å². The van der Waals surface area contributed by atoms with Gasteiger partial charge in [-0.15, -0.1) is 10.2 Å². The Kier molecular flexibility index (Phi) is 2.47. The van der Waals surface area contributed by atoms with Gasteiger partial charge in [-0.25, -0.2) is 13.8 Å². The summed E-state index contributed by atoms with van der Waals surface area (Å²) in [4.78, 5) is 3.89. The van der Waals surface area contributed by atoms with Crippen molar-refractivity contribution in [3.8, 4) is 11.3 Å². The lowest BCUT2D eigenvalue weighted by molar-refractivity contribution is 0.509. The molecule has 2 rings (SSSR count). The number of hydrogen-bond acceptors (Lipinski definition) is 4. The molecule has 0 aliphatic rings. The van der Waals surface area contributed by atoms with Crippen molar-refractivity contribution in [1.29, 1.82) is 0 Å². The first-order valence-electron chi connectivity index (χ1n) is 4.50. The molecular formula is C10H8F2N4.